The van der Waals surface area contributed by atoms with Gasteiger partial charge in [-0.2, -0.15) is 0 Å². The van der Waals surface area contributed by atoms with Crippen LogP contribution in [-0.4, -0.2) is 22.9 Å². The van der Waals surface area contributed by atoms with Gasteiger partial charge < -0.3 is 14.5 Å². The molecule has 1 heterocycles. The number of rotatable bonds is 6. The Morgan fingerprint density at radius 1 is 1.13 bits per heavy atom. The Balaban J connectivity index is 1.57. The number of nitro groups is 1. The van der Waals surface area contributed by atoms with Crippen molar-refractivity contribution in [1.29, 1.82) is 0 Å². The smallest absolute Gasteiger partial charge is 0.271 e. The maximum absolute atomic E-state index is 12.4. The van der Waals surface area contributed by atoms with Crippen LogP contribution >= 0.6 is 0 Å². The van der Waals surface area contributed by atoms with E-state index in [-0.39, 0.29) is 17.5 Å². The molecule has 4 aromatic rings. The number of methoxy groups -OCH3 is 1. The molecule has 0 saturated carbocycles. The number of aromatic nitrogens is 1. The van der Waals surface area contributed by atoms with Gasteiger partial charge in [0.05, 0.1) is 23.3 Å². The van der Waals surface area contributed by atoms with Gasteiger partial charge in [0.25, 0.3) is 5.69 Å². The topological polar surface area (TPSA) is 108 Å². The highest BCUT2D eigenvalue weighted by Crippen LogP contribution is 2.31. The number of benzene rings is 3. The molecular formula is C23H17N3O5. The number of carbonyl (C=O) groups excluding carboxylic acids is 1. The maximum Gasteiger partial charge on any atom is 0.271 e. The number of hydrogen-bond acceptors (Lipinski definition) is 6. The lowest BCUT2D eigenvalue weighted by molar-refractivity contribution is -0.384. The number of carbonyl (C=O) groups is 1. The van der Waals surface area contributed by atoms with Crippen molar-refractivity contribution in [3.05, 3.63) is 88.5 Å². The van der Waals surface area contributed by atoms with Crippen LogP contribution in [0.3, 0.4) is 0 Å². The van der Waals surface area contributed by atoms with E-state index in [9.17, 15) is 14.9 Å². The van der Waals surface area contributed by atoms with E-state index in [1.165, 1.54) is 24.3 Å². The van der Waals surface area contributed by atoms with Crippen molar-refractivity contribution in [2.75, 3.05) is 12.4 Å². The van der Waals surface area contributed by atoms with E-state index in [1.807, 2.05) is 24.3 Å². The number of ether oxygens (including phenoxy) is 1. The molecule has 0 saturated heterocycles. The molecule has 0 aliphatic heterocycles. The fourth-order valence-electron chi connectivity index (χ4n) is 2.98. The number of nitrogens with zero attached hydrogens (tertiary/aromatic N) is 2. The summed E-state index contributed by atoms with van der Waals surface area (Å²) in [5.74, 6) is 0.666. The van der Waals surface area contributed by atoms with Gasteiger partial charge in [0.2, 0.25) is 11.8 Å². The summed E-state index contributed by atoms with van der Waals surface area (Å²) in [7, 11) is 1.59. The van der Waals surface area contributed by atoms with Crippen molar-refractivity contribution >= 4 is 34.5 Å². The molecule has 1 aromatic heterocycles. The summed E-state index contributed by atoms with van der Waals surface area (Å²) in [4.78, 5) is 27.3. The summed E-state index contributed by atoms with van der Waals surface area (Å²) in [6, 6.07) is 18.6. The van der Waals surface area contributed by atoms with Crippen molar-refractivity contribution in [2.45, 2.75) is 0 Å². The largest absolute Gasteiger partial charge is 0.497 e. The first-order valence-electron chi connectivity index (χ1n) is 9.31. The SMILES string of the molecule is COc1ccc(C=CC(=O)Nc2ccccc2-c2nc3cc([N+](=O)[O-])ccc3o2)cc1. The van der Waals surface area contributed by atoms with E-state index in [4.69, 9.17) is 9.15 Å². The zero-order valence-electron chi connectivity index (χ0n) is 16.4. The lowest BCUT2D eigenvalue weighted by Gasteiger charge is -2.06. The minimum Gasteiger partial charge on any atom is -0.497 e. The van der Waals surface area contributed by atoms with Gasteiger partial charge in [0.15, 0.2) is 5.58 Å². The van der Waals surface area contributed by atoms with Crippen molar-refractivity contribution in [3.63, 3.8) is 0 Å². The summed E-state index contributed by atoms with van der Waals surface area (Å²) in [6.07, 6.45) is 3.12. The number of anilines is 1. The third-order valence-electron chi connectivity index (χ3n) is 4.54. The molecule has 0 unspecified atom stereocenters. The molecule has 1 amide bonds. The lowest BCUT2D eigenvalue weighted by Crippen LogP contribution is -2.08. The molecule has 0 aliphatic rings. The zero-order chi connectivity index (χ0) is 21.8. The molecule has 154 valence electrons. The molecule has 1 N–H and O–H groups in total. The van der Waals surface area contributed by atoms with E-state index in [1.54, 1.807) is 37.5 Å². The standard InChI is InChI=1S/C23H17N3O5/c1-30-17-10-6-15(7-11-17)8-13-22(27)24-19-5-3-2-4-18(19)23-25-20-14-16(26(28)29)9-12-21(20)31-23/h2-14H,1H3,(H,24,27). The highest BCUT2D eigenvalue weighted by molar-refractivity contribution is 6.04. The number of para-hydroxylation sites is 1. The van der Waals surface area contributed by atoms with Crippen LogP contribution in [0.4, 0.5) is 11.4 Å². The molecule has 0 aliphatic carbocycles. The monoisotopic (exact) mass is 415 g/mol. The Kier molecular flexibility index (Phi) is 5.44. The first-order chi connectivity index (χ1) is 15.0. The third kappa shape index (κ3) is 4.43. The average molecular weight is 415 g/mol. The fourth-order valence-corrected chi connectivity index (χ4v) is 2.98. The Morgan fingerprint density at radius 3 is 2.65 bits per heavy atom. The van der Waals surface area contributed by atoms with Gasteiger partial charge in [0.1, 0.15) is 11.3 Å². The number of amides is 1. The van der Waals surface area contributed by atoms with Gasteiger partial charge in [-0.25, -0.2) is 4.98 Å². The zero-order valence-corrected chi connectivity index (χ0v) is 16.4. The highest BCUT2D eigenvalue weighted by Gasteiger charge is 2.15. The van der Waals surface area contributed by atoms with Crippen LogP contribution in [0.1, 0.15) is 5.56 Å². The Hall–Kier alpha value is -4.46. The molecule has 31 heavy (non-hydrogen) atoms. The van der Waals surface area contributed by atoms with Crippen molar-refractivity contribution < 1.29 is 18.9 Å². The Labute approximate surface area is 176 Å². The molecule has 0 atom stereocenters. The molecule has 3 aromatic carbocycles. The minimum absolute atomic E-state index is 0.0717. The molecular weight excluding hydrogens is 398 g/mol. The number of fused-ring (bicyclic) bond motifs is 1. The fraction of sp³-hybridized carbons (Fsp3) is 0.0435. The summed E-state index contributed by atoms with van der Waals surface area (Å²) in [5.41, 5.74) is 2.63. The van der Waals surface area contributed by atoms with Gasteiger partial charge in [0, 0.05) is 18.2 Å². The normalized spacial score (nSPS) is 11.0. The van der Waals surface area contributed by atoms with E-state index >= 15 is 0 Å². The second-order valence-corrected chi connectivity index (χ2v) is 6.57. The number of oxazole rings is 1. The van der Waals surface area contributed by atoms with E-state index in [2.05, 4.69) is 10.3 Å². The maximum atomic E-state index is 12.4. The van der Waals surface area contributed by atoms with Crippen LogP contribution < -0.4 is 10.1 Å². The van der Waals surface area contributed by atoms with E-state index in [0.717, 1.165) is 11.3 Å². The number of hydrogen-bond donors (Lipinski definition) is 1. The molecule has 4 rings (SSSR count). The lowest BCUT2D eigenvalue weighted by atomic mass is 10.1. The quantitative estimate of drug-likeness (QED) is 0.268. The van der Waals surface area contributed by atoms with Crippen molar-refractivity contribution in [2.24, 2.45) is 0 Å². The molecule has 0 spiro atoms. The van der Waals surface area contributed by atoms with E-state index < -0.39 is 4.92 Å². The molecule has 0 fully saturated rings. The summed E-state index contributed by atoms with van der Waals surface area (Å²) in [5, 5.41) is 13.8. The second kappa shape index (κ2) is 8.50. The predicted octanol–water partition coefficient (Wildman–Crippen LogP) is 5.06. The third-order valence-corrected chi connectivity index (χ3v) is 4.54. The predicted molar refractivity (Wildman–Crippen MR) is 117 cm³/mol. The van der Waals surface area contributed by atoms with Crippen molar-refractivity contribution in [3.8, 4) is 17.2 Å². The number of nitro benzene ring substituents is 1. The van der Waals surface area contributed by atoms with Crippen LogP contribution in [0.5, 0.6) is 5.75 Å². The summed E-state index contributed by atoms with van der Waals surface area (Å²) in [6.45, 7) is 0. The van der Waals surface area contributed by atoms with Crippen LogP contribution in [0.2, 0.25) is 0 Å². The summed E-state index contributed by atoms with van der Waals surface area (Å²) < 4.78 is 10.9. The Morgan fingerprint density at radius 2 is 1.90 bits per heavy atom. The average Bonchev–Trinajstić information content (AvgIpc) is 3.21. The highest BCUT2D eigenvalue weighted by atomic mass is 16.6. The van der Waals surface area contributed by atoms with Crippen molar-refractivity contribution in [1.82, 2.24) is 4.98 Å². The molecule has 0 bridgehead atoms. The summed E-state index contributed by atoms with van der Waals surface area (Å²) >= 11 is 0. The van der Waals surface area contributed by atoms with Crippen LogP contribution in [0.15, 0.2) is 77.2 Å². The van der Waals surface area contributed by atoms with Gasteiger partial charge >= 0.3 is 0 Å². The van der Waals surface area contributed by atoms with E-state index in [0.29, 0.717) is 22.4 Å². The van der Waals surface area contributed by atoms with Gasteiger partial charge in [-0.1, -0.05) is 24.3 Å². The molecule has 8 heteroatoms. The first-order valence-corrected chi connectivity index (χ1v) is 9.31. The first kappa shape index (κ1) is 19.8. The van der Waals surface area contributed by atoms with Gasteiger partial charge in [-0.15, -0.1) is 0 Å². The van der Waals surface area contributed by atoms with Crippen LogP contribution in [0.25, 0.3) is 28.6 Å². The molecule has 0 radical (unpaired) electrons. The number of non-ortho nitro benzene ring substituents is 1. The van der Waals surface area contributed by atoms with Crippen LogP contribution in [0, 0.1) is 10.1 Å². The Bertz CT molecular complexity index is 1290. The van der Waals surface area contributed by atoms with Gasteiger partial charge in [-0.3, -0.25) is 14.9 Å². The van der Waals surface area contributed by atoms with Gasteiger partial charge in [-0.05, 0) is 42.0 Å². The number of nitrogens with one attached hydrogen (secondary N) is 1. The van der Waals surface area contributed by atoms with Crippen LogP contribution in [-0.2, 0) is 4.79 Å². The molecule has 8 nitrogen and oxygen atoms in total. The second-order valence-electron chi connectivity index (χ2n) is 6.57. The minimum atomic E-state index is -0.489.